The van der Waals surface area contributed by atoms with Gasteiger partial charge in [-0.2, -0.15) is 10.2 Å². The van der Waals surface area contributed by atoms with Crippen molar-refractivity contribution in [2.45, 2.75) is 13.8 Å². The second-order valence-corrected chi connectivity index (χ2v) is 6.62. The van der Waals surface area contributed by atoms with Crippen molar-refractivity contribution in [3.05, 3.63) is 94.9 Å². The molecule has 2 N–H and O–H groups in total. The highest BCUT2D eigenvalue weighted by molar-refractivity contribution is 5.78. The first-order valence-electron chi connectivity index (χ1n) is 9.99. The van der Waals surface area contributed by atoms with Crippen LogP contribution >= 0.6 is 0 Å². The largest absolute Gasteiger partial charge is 0.279 e. The summed E-state index contributed by atoms with van der Waals surface area (Å²) in [5.41, 5.74) is 9.94. The molecule has 0 bridgehead atoms. The van der Waals surface area contributed by atoms with Crippen LogP contribution in [0.1, 0.15) is 25.0 Å². The van der Waals surface area contributed by atoms with Gasteiger partial charge in [0.15, 0.2) is 0 Å². The molecule has 0 aliphatic carbocycles. The summed E-state index contributed by atoms with van der Waals surface area (Å²) in [4.78, 5) is 0. The summed E-state index contributed by atoms with van der Waals surface area (Å²) >= 11 is 0. The van der Waals surface area contributed by atoms with Gasteiger partial charge in [-0.3, -0.25) is 10.9 Å². The molecule has 0 atom stereocenters. The summed E-state index contributed by atoms with van der Waals surface area (Å²) in [7, 11) is 0. The quantitative estimate of drug-likeness (QED) is 0.424. The summed E-state index contributed by atoms with van der Waals surface area (Å²) in [5, 5.41) is 24.6. The van der Waals surface area contributed by atoms with E-state index in [0.717, 1.165) is 11.1 Å². The summed E-state index contributed by atoms with van der Waals surface area (Å²) < 4.78 is 0. The molecule has 0 saturated heterocycles. The molecule has 0 spiro atoms. The van der Waals surface area contributed by atoms with Gasteiger partial charge in [-0.15, -0.1) is 20.4 Å². The van der Waals surface area contributed by atoms with Gasteiger partial charge < -0.3 is 0 Å². The van der Waals surface area contributed by atoms with Crippen LogP contribution in [0.2, 0.25) is 0 Å². The van der Waals surface area contributed by atoms with Gasteiger partial charge >= 0.3 is 0 Å². The van der Waals surface area contributed by atoms with Crippen LogP contribution in [0.4, 0.5) is 0 Å². The molecule has 0 amide bonds. The molecule has 2 aromatic carbocycles. The molecule has 0 aliphatic rings. The monoisotopic (exact) mass is 424 g/mol. The smallest absolute Gasteiger partial charge is 0.216 e. The lowest BCUT2D eigenvalue weighted by Gasteiger charge is -1.98. The lowest BCUT2D eigenvalue weighted by atomic mass is 10.2. The Labute approximate surface area is 186 Å². The highest BCUT2D eigenvalue weighted by atomic mass is 15.3. The summed E-state index contributed by atoms with van der Waals surface area (Å²) in [6, 6.07) is 20.0. The van der Waals surface area contributed by atoms with E-state index in [1.54, 1.807) is 26.3 Å². The normalized spacial score (nSPS) is 11.6. The van der Waals surface area contributed by atoms with Gasteiger partial charge in [0.1, 0.15) is 0 Å². The van der Waals surface area contributed by atoms with Crippen molar-refractivity contribution in [2.24, 2.45) is 10.2 Å². The SMILES string of the molecule is CC(N/N=C/C=C/c1ccccc1)=c1nnc(=C(C)N/N=C/C=C/c2ccccc2)nn1. The van der Waals surface area contributed by atoms with E-state index in [2.05, 4.69) is 41.4 Å². The lowest BCUT2D eigenvalue weighted by molar-refractivity contribution is 0.750. The van der Waals surface area contributed by atoms with E-state index in [1.165, 1.54) is 0 Å². The Hall–Kier alpha value is -4.46. The molecule has 0 unspecified atom stereocenters. The molecule has 160 valence electrons. The van der Waals surface area contributed by atoms with Crippen LogP contribution in [-0.4, -0.2) is 32.8 Å². The Morgan fingerprint density at radius 2 is 1.00 bits per heavy atom. The van der Waals surface area contributed by atoms with Crippen LogP contribution in [-0.2, 0) is 0 Å². The highest BCUT2D eigenvalue weighted by Gasteiger charge is 1.96. The molecule has 8 heteroatoms. The fraction of sp³-hybridized carbons (Fsp3) is 0.0833. The first-order chi connectivity index (χ1) is 15.7. The standard InChI is InChI=1S/C24H24N8/c1-19(27-25-17-9-15-21-11-5-3-6-12-21)23-29-31-24(32-30-23)20(2)28-26-18-10-16-22-13-7-4-8-14-22/h3-18,27-28H,1-2H3/b15-9+,16-10+,23-19?,24-20?,25-17+,26-18+. The summed E-state index contributed by atoms with van der Waals surface area (Å²) in [5.74, 6) is 0. The van der Waals surface area contributed by atoms with Crippen molar-refractivity contribution in [1.82, 2.24) is 31.2 Å². The number of allylic oxidation sites excluding steroid dienone is 2. The van der Waals surface area contributed by atoms with Crippen molar-refractivity contribution in [2.75, 3.05) is 0 Å². The Morgan fingerprint density at radius 3 is 1.38 bits per heavy atom. The fourth-order valence-electron chi connectivity index (χ4n) is 2.42. The second-order valence-electron chi connectivity index (χ2n) is 6.62. The van der Waals surface area contributed by atoms with Crippen LogP contribution in [0.3, 0.4) is 0 Å². The molecule has 0 radical (unpaired) electrons. The van der Waals surface area contributed by atoms with Crippen LogP contribution in [0.25, 0.3) is 23.5 Å². The third-order valence-electron chi connectivity index (χ3n) is 4.11. The maximum Gasteiger partial charge on any atom is 0.216 e. The average molecular weight is 425 g/mol. The highest BCUT2D eigenvalue weighted by Crippen LogP contribution is 2.00. The van der Waals surface area contributed by atoms with Crippen LogP contribution in [0.5, 0.6) is 0 Å². The van der Waals surface area contributed by atoms with Gasteiger partial charge in [0.25, 0.3) is 0 Å². The second kappa shape index (κ2) is 12.3. The van der Waals surface area contributed by atoms with Gasteiger partial charge in [0.05, 0.1) is 11.4 Å². The van der Waals surface area contributed by atoms with E-state index in [-0.39, 0.29) is 0 Å². The van der Waals surface area contributed by atoms with E-state index in [9.17, 15) is 0 Å². The summed E-state index contributed by atoms with van der Waals surface area (Å²) in [6.07, 6.45) is 10.9. The molecule has 0 fully saturated rings. The molecule has 32 heavy (non-hydrogen) atoms. The molecule has 8 nitrogen and oxygen atoms in total. The van der Waals surface area contributed by atoms with Gasteiger partial charge in [-0.05, 0) is 37.1 Å². The molecular formula is C24H24N8. The number of aromatic nitrogens is 4. The molecule has 0 aliphatic heterocycles. The molecule has 1 aromatic heterocycles. The fourth-order valence-corrected chi connectivity index (χ4v) is 2.42. The van der Waals surface area contributed by atoms with Crippen molar-refractivity contribution >= 4 is 36.0 Å². The first kappa shape index (κ1) is 22.2. The predicted molar refractivity (Wildman–Crippen MR) is 129 cm³/mol. The van der Waals surface area contributed by atoms with Gasteiger partial charge in [-0.1, -0.05) is 72.8 Å². The number of nitrogens with one attached hydrogen (secondary N) is 2. The minimum atomic E-state index is 0.361. The number of hydrogen-bond donors (Lipinski definition) is 2. The zero-order valence-electron chi connectivity index (χ0n) is 17.9. The third kappa shape index (κ3) is 7.42. The van der Waals surface area contributed by atoms with E-state index < -0.39 is 0 Å². The molecule has 3 aromatic rings. The molecule has 0 saturated carbocycles. The lowest BCUT2D eigenvalue weighted by Crippen LogP contribution is -2.32. The minimum absolute atomic E-state index is 0.361. The maximum atomic E-state index is 4.12. The van der Waals surface area contributed by atoms with Crippen molar-refractivity contribution in [3.8, 4) is 0 Å². The van der Waals surface area contributed by atoms with Crippen LogP contribution < -0.4 is 21.8 Å². The summed E-state index contributed by atoms with van der Waals surface area (Å²) in [6.45, 7) is 3.60. The van der Waals surface area contributed by atoms with Crippen molar-refractivity contribution in [3.63, 3.8) is 0 Å². The van der Waals surface area contributed by atoms with Crippen molar-refractivity contribution in [1.29, 1.82) is 0 Å². The number of hydrazone groups is 2. The zero-order chi connectivity index (χ0) is 22.4. The number of benzene rings is 2. The Bertz CT molecular complexity index is 1110. The van der Waals surface area contributed by atoms with Gasteiger partial charge in [-0.25, -0.2) is 0 Å². The first-order valence-corrected chi connectivity index (χ1v) is 9.99. The number of rotatable bonds is 8. The molecule has 3 rings (SSSR count). The Kier molecular flexibility index (Phi) is 8.53. The zero-order valence-corrected chi connectivity index (χ0v) is 17.9. The van der Waals surface area contributed by atoms with Crippen molar-refractivity contribution < 1.29 is 0 Å². The number of nitrogens with zero attached hydrogens (tertiary/aromatic N) is 6. The minimum Gasteiger partial charge on any atom is -0.279 e. The van der Waals surface area contributed by atoms with Crippen LogP contribution in [0.15, 0.2) is 83.0 Å². The van der Waals surface area contributed by atoms with Crippen LogP contribution in [0, 0.1) is 0 Å². The maximum absolute atomic E-state index is 4.12. The Balaban J connectivity index is 1.56. The molecular weight excluding hydrogens is 400 g/mol. The van der Waals surface area contributed by atoms with Gasteiger partial charge in [0.2, 0.25) is 11.0 Å². The average Bonchev–Trinajstić information content (AvgIpc) is 2.85. The third-order valence-corrected chi connectivity index (χ3v) is 4.11. The predicted octanol–water partition coefficient (Wildman–Crippen LogP) is 2.10. The van der Waals surface area contributed by atoms with E-state index in [4.69, 9.17) is 0 Å². The van der Waals surface area contributed by atoms with E-state index >= 15 is 0 Å². The topological polar surface area (TPSA) is 100 Å². The number of hydrogen-bond acceptors (Lipinski definition) is 8. The Morgan fingerprint density at radius 1 is 0.625 bits per heavy atom. The van der Waals surface area contributed by atoms with E-state index in [0.29, 0.717) is 22.4 Å². The van der Waals surface area contributed by atoms with Gasteiger partial charge in [0, 0.05) is 12.4 Å². The van der Waals surface area contributed by atoms with E-state index in [1.807, 2.05) is 85.0 Å². The molecule has 1 heterocycles.